The summed E-state index contributed by atoms with van der Waals surface area (Å²) in [5.74, 6) is -0.290. The molecule has 0 spiro atoms. The van der Waals surface area contributed by atoms with Crippen LogP contribution in [0.5, 0.6) is 0 Å². The van der Waals surface area contributed by atoms with Crippen LogP contribution in [0, 0.1) is 5.21 Å². The molecule has 0 N–H and O–H groups in total. The van der Waals surface area contributed by atoms with Crippen molar-refractivity contribution in [3.05, 3.63) is 17.9 Å². The molecule has 0 fully saturated rings. The van der Waals surface area contributed by atoms with Crippen LogP contribution in [0.25, 0.3) is 0 Å². The lowest BCUT2D eigenvalue weighted by atomic mass is 10.2. The quantitative estimate of drug-likeness (QED) is 0.221. The number of hydroxylamine groups is 1. The van der Waals surface area contributed by atoms with Gasteiger partial charge in [-0.1, -0.05) is 6.58 Å². The van der Waals surface area contributed by atoms with E-state index in [1.807, 2.05) is 0 Å². The van der Waals surface area contributed by atoms with Crippen molar-refractivity contribution in [2.24, 2.45) is 0 Å². The molecule has 14 heavy (non-hydrogen) atoms. The maximum atomic E-state index is 11.4. The number of carbonyl (C=O) groups is 1. The second-order valence-electron chi connectivity index (χ2n) is 3.14. The van der Waals surface area contributed by atoms with Crippen molar-refractivity contribution < 1.29 is 14.3 Å². The van der Waals surface area contributed by atoms with Crippen LogP contribution in [-0.4, -0.2) is 29.6 Å². The first-order chi connectivity index (χ1) is 6.52. The zero-order valence-corrected chi connectivity index (χ0v) is 8.95. The van der Waals surface area contributed by atoms with Crippen LogP contribution in [0.3, 0.4) is 0 Å². The predicted molar refractivity (Wildman–Crippen MR) is 55.2 cm³/mol. The first-order valence-corrected chi connectivity index (χ1v) is 4.52. The third-order valence-corrected chi connectivity index (χ3v) is 2.04. The normalized spacial score (nSPS) is 14.2. The maximum Gasteiger partial charge on any atom is 0.305 e. The smallest absolute Gasteiger partial charge is 0.305 e. The molecule has 0 aromatic rings. The van der Waals surface area contributed by atoms with Crippen molar-refractivity contribution in [2.45, 2.75) is 32.7 Å². The summed E-state index contributed by atoms with van der Waals surface area (Å²) < 4.78 is 5.34. The number of rotatable bonds is 5. The lowest BCUT2D eigenvalue weighted by Gasteiger charge is -2.13. The number of hydrogen-bond donors (Lipinski definition) is 0. The minimum Gasteiger partial charge on any atom is -0.623 e. The standard InChI is InChI=1S/C10H17NO3/c1-5-8(2)11(13)9(3)6-7-10(12)14-4/h5,9H,1,6-7H2,2-4H3/b11-8-. The van der Waals surface area contributed by atoms with E-state index in [9.17, 15) is 10.0 Å². The Morgan fingerprint density at radius 3 is 2.71 bits per heavy atom. The van der Waals surface area contributed by atoms with Crippen molar-refractivity contribution in [2.75, 3.05) is 7.11 Å². The van der Waals surface area contributed by atoms with E-state index >= 15 is 0 Å². The van der Waals surface area contributed by atoms with Crippen LogP contribution in [0.2, 0.25) is 0 Å². The zero-order valence-electron chi connectivity index (χ0n) is 8.95. The van der Waals surface area contributed by atoms with E-state index in [1.165, 1.54) is 13.2 Å². The molecule has 0 rings (SSSR count). The van der Waals surface area contributed by atoms with Gasteiger partial charge in [0.1, 0.15) is 0 Å². The van der Waals surface area contributed by atoms with E-state index in [0.717, 1.165) is 4.74 Å². The molecule has 0 saturated carbocycles. The van der Waals surface area contributed by atoms with E-state index < -0.39 is 0 Å². The van der Waals surface area contributed by atoms with Crippen molar-refractivity contribution in [1.82, 2.24) is 0 Å². The SMILES string of the molecule is C=C/C(C)=[N+](\[O-])C(C)CCC(=O)OC. The Bertz CT molecular complexity index is 246. The van der Waals surface area contributed by atoms with Gasteiger partial charge in [-0.15, -0.1) is 0 Å². The lowest BCUT2D eigenvalue weighted by molar-refractivity contribution is -0.497. The van der Waals surface area contributed by atoms with E-state index in [4.69, 9.17) is 0 Å². The minimum absolute atomic E-state index is 0.230. The number of allylic oxidation sites excluding steroid dienone is 1. The Balaban J connectivity index is 4.15. The number of hydrogen-bond acceptors (Lipinski definition) is 3. The van der Waals surface area contributed by atoms with Crippen LogP contribution in [0.1, 0.15) is 26.7 Å². The van der Waals surface area contributed by atoms with Gasteiger partial charge in [0.2, 0.25) is 0 Å². The summed E-state index contributed by atoms with van der Waals surface area (Å²) in [4.78, 5) is 10.8. The van der Waals surface area contributed by atoms with Crippen molar-refractivity contribution in [3.63, 3.8) is 0 Å². The Morgan fingerprint density at radius 2 is 2.29 bits per heavy atom. The molecule has 0 amide bonds. The van der Waals surface area contributed by atoms with Crippen molar-refractivity contribution in [1.29, 1.82) is 0 Å². The Hall–Kier alpha value is -1.32. The van der Waals surface area contributed by atoms with E-state index in [2.05, 4.69) is 11.3 Å². The molecule has 0 radical (unpaired) electrons. The summed E-state index contributed by atoms with van der Waals surface area (Å²) in [7, 11) is 1.34. The molecule has 0 aliphatic rings. The average Bonchev–Trinajstić information content (AvgIpc) is 2.22. The van der Waals surface area contributed by atoms with Gasteiger partial charge in [0.05, 0.1) is 13.5 Å². The first kappa shape index (κ1) is 12.7. The number of nitrogens with zero attached hydrogens (tertiary/aromatic N) is 1. The van der Waals surface area contributed by atoms with Gasteiger partial charge in [0.25, 0.3) is 0 Å². The third-order valence-electron chi connectivity index (χ3n) is 2.04. The molecule has 0 aliphatic carbocycles. The summed E-state index contributed by atoms with van der Waals surface area (Å²) in [6.45, 7) is 6.96. The number of methoxy groups -OCH3 is 1. The second-order valence-corrected chi connectivity index (χ2v) is 3.14. The van der Waals surface area contributed by atoms with Crippen LogP contribution >= 0.6 is 0 Å². The molecule has 0 aliphatic heterocycles. The van der Waals surface area contributed by atoms with Gasteiger partial charge >= 0.3 is 5.97 Å². The Labute approximate surface area is 84.5 Å². The molecular formula is C10H17NO3. The van der Waals surface area contributed by atoms with Crippen molar-refractivity contribution >= 4 is 11.7 Å². The van der Waals surface area contributed by atoms with Gasteiger partial charge < -0.3 is 9.94 Å². The van der Waals surface area contributed by atoms with Crippen molar-refractivity contribution in [3.8, 4) is 0 Å². The number of esters is 1. The summed E-state index contributed by atoms with van der Waals surface area (Å²) in [6.07, 6.45) is 2.25. The molecule has 4 nitrogen and oxygen atoms in total. The van der Waals surface area contributed by atoms with Gasteiger partial charge in [-0.05, 0) is 13.0 Å². The van der Waals surface area contributed by atoms with E-state index in [1.54, 1.807) is 13.8 Å². The predicted octanol–water partition coefficient (Wildman–Crippen LogP) is 1.49. The highest BCUT2D eigenvalue weighted by molar-refractivity contribution is 5.87. The van der Waals surface area contributed by atoms with Crippen LogP contribution in [-0.2, 0) is 9.53 Å². The summed E-state index contributed by atoms with van der Waals surface area (Å²) >= 11 is 0. The summed E-state index contributed by atoms with van der Waals surface area (Å²) in [5, 5.41) is 11.4. The molecule has 0 aromatic carbocycles. The fourth-order valence-electron chi connectivity index (χ4n) is 0.984. The van der Waals surface area contributed by atoms with Gasteiger partial charge in [0.15, 0.2) is 11.8 Å². The van der Waals surface area contributed by atoms with Crippen LogP contribution in [0.4, 0.5) is 0 Å². The largest absolute Gasteiger partial charge is 0.623 e. The second kappa shape index (κ2) is 6.18. The average molecular weight is 199 g/mol. The number of carbonyl (C=O) groups excluding carboxylic acids is 1. The topological polar surface area (TPSA) is 52.4 Å². The molecule has 0 saturated heterocycles. The van der Waals surface area contributed by atoms with Gasteiger partial charge in [0, 0.05) is 13.3 Å². The van der Waals surface area contributed by atoms with Gasteiger partial charge in [-0.2, -0.15) is 0 Å². The van der Waals surface area contributed by atoms with Gasteiger partial charge in [-0.25, -0.2) is 4.74 Å². The Morgan fingerprint density at radius 1 is 1.71 bits per heavy atom. The zero-order chi connectivity index (χ0) is 11.1. The molecule has 1 unspecified atom stereocenters. The molecule has 4 heteroatoms. The fourth-order valence-corrected chi connectivity index (χ4v) is 0.984. The van der Waals surface area contributed by atoms with Crippen LogP contribution in [0.15, 0.2) is 12.7 Å². The summed E-state index contributed by atoms with van der Waals surface area (Å²) in [6, 6.07) is -0.230. The molecule has 0 bridgehead atoms. The molecule has 0 aromatic heterocycles. The molecule has 80 valence electrons. The number of ether oxygens (including phenoxy) is 1. The molecule has 0 heterocycles. The molecule has 1 atom stereocenters. The monoisotopic (exact) mass is 199 g/mol. The third kappa shape index (κ3) is 4.07. The maximum absolute atomic E-state index is 11.4. The minimum atomic E-state index is -0.290. The van der Waals surface area contributed by atoms with Crippen LogP contribution < -0.4 is 0 Å². The van der Waals surface area contributed by atoms with E-state index in [0.29, 0.717) is 12.1 Å². The summed E-state index contributed by atoms with van der Waals surface area (Å²) in [5.41, 5.74) is 0.558. The van der Waals surface area contributed by atoms with Gasteiger partial charge in [-0.3, -0.25) is 4.79 Å². The highest BCUT2D eigenvalue weighted by Gasteiger charge is 2.13. The van der Waals surface area contributed by atoms with E-state index in [-0.39, 0.29) is 18.4 Å². The highest BCUT2D eigenvalue weighted by atomic mass is 16.5. The first-order valence-electron chi connectivity index (χ1n) is 4.52. The lowest BCUT2D eigenvalue weighted by Crippen LogP contribution is -2.23. The Kier molecular flexibility index (Phi) is 5.60. The highest BCUT2D eigenvalue weighted by Crippen LogP contribution is 2.02. The molecular weight excluding hydrogens is 182 g/mol. The fraction of sp³-hybridized carbons (Fsp3) is 0.600.